The third-order valence-corrected chi connectivity index (χ3v) is 5.04. The second kappa shape index (κ2) is 11.5. The van der Waals surface area contributed by atoms with Crippen LogP contribution in [-0.2, 0) is 16.1 Å². The second-order valence-corrected chi connectivity index (χ2v) is 9.07. The maximum Gasteiger partial charge on any atom is 0.320 e. The minimum Gasteiger partial charge on any atom is -0.493 e. The zero-order valence-corrected chi connectivity index (χ0v) is 19.3. The van der Waals surface area contributed by atoms with Crippen molar-refractivity contribution in [2.45, 2.75) is 45.3 Å². The topological polar surface area (TPSA) is 96.9 Å². The highest BCUT2D eigenvalue weighted by Crippen LogP contribution is 2.33. The fourth-order valence-corrected chi connectivity index (χ4v) is 3.30. The summed E-state index contributed by atoms with van der Waals surface area (Å²) in [5.41, 5.74) is 0.496. The molecule has 0 radical (unpaired) electrons. The fraction of sp³-hybridized carbons (Fsp3) is 0.579. The number of amides is 1. The number of rotatable bonds is 11. The van der Waals surface area contributed by atoms with Crippen LogP contribution in [0.4, 0.5) is 0 Å². The first-order valence-electron chi connectivity index (χ1n) is 8.82. The lowest BCUT2D eigenvalue weighted by Gasteiger charge is -2.21. The molecule has 1 aromatic rings. The summed E-state index contributed by atoms with van der Waals surface area (Å²) in [7, 11) is 1.51. The van der Waals surface area contributed by atoms with Crippen molar-refractivity contribution in [1.82, 2.24) is 10.6 Å². The predicted octanol–water partition coefficient (Wildman–Crippen LogP) is 3.05. The molecule has 0 aromatic heterocycles. The van der Waals surface area contributed by atoms with Gasteiger partial charge in [-0.1, -0.05) is 15.9 Å². The molecule has 3 N–H and O–H groups in total. The first-order chi connectivity index (χ1) is 13.1. The molecular weight excluding hydrogens is 448 g/mol. The average molecular weight is 477 g/mol. The van der Waals surface area contributed by atoms with Crippen molar-refractivity contribution in [1.29, 1.82) is 0 Å². The normalized spacial score (nSPS) is 12.4. The highest BCUT2D eigenvalue weighted by Gasteiger charge is 2.19. The minimum absolute atomic E-state index is 0.132. The number of methoxy groups -OCH3 is 1. The van der Waals surface area contributed by atoms with Crippen LogP contribution in [0.15, 0.2) is 16.6 Å². The number of nitrogens with one attached hydrogen (secondary N) is 2. The molecule has 7 nitrogen and oxygen atoms in total. The van der Waals surface area contributed by atoms with Crippen molar-refractivity contribution >= 4 is 39.6 Å². The Bertz CT molecular complexity index is 679. The quantitative estimate of drug-likeness (QED) is 0.451. The van der Waals surface area contributed by atoms with Crippen LogP contribution in [0.5, 0.6) is 11.5 Å². The molecule has 1 aromatic carbocycles. The number of aliphatic carboxylic acids is 1. The summed E-state index contributed by atoms with van der Waals surface area (Å²) in [5, 5.41) is 15.2. The second-order valence-electron chi connectivity index (χ2n) is 7.23. The largest absolute Gasteiger partial charge is 0.493 e. The number of carbonyl (C=O) groups is 2. The van der Waals surface area contributed by atoms with Gasteiger partial charge in [0.25, 0.3) is 5.91 Å². The van der Waals surface area contributed by atoms with Gasteiger partial charge in [0, 0.05) is 16.6 Å². The summed E-state index contributed by atoms with van der Waals surface area (Å²) in [6.07, 6.45) is 2.48. The van der Waals surface area contributed by atoms with Gasteiger partial charge in [-0.3, -0.25) is 9.59 Å². The number of halogens is 1. The number of carboxylic acid groups (broad SMARTS) is 1. The van der Waals surface area contributed by atoms with Crippen LogP contribution in [0.25, 0.3) is 0 Å². The molecule has 1 rings (SSSR count). The highest BCUT2D eigenvalue weighted by atomic mass is 79.9. The fourth-order valence-electron chi connectivity index (χ4n) is 2.36. The van der Waals surface area contributed by atoms with E-state index in [1.165, 1.54) is 7.11 Å². The van der Waals surface area contributed by atoms with Crippen LogP contribution in [-0.4, -0.2) is 54.3 Å². The van der Waals surface area contributed by atoms with E-state index in [1.54, 1.807) is 23.9 Å². The van der Waals surface area contributed by atoms with Gasteiger partial charge < -0.3 is 25.2 Å². The minimum atomic E-state index is -0.873. The Kier molecular flexibility index (Phi) is 10.1. The Morgan fingerprint density at radius 3 is 2.50 bits per heavy atom. The monoisotopic (exact) mass is 476 g/mol. The standard InChI is InChI=1S/C19H29BrN2O5S/c1-19(2,3)22-17(23)11-27-16-9-13(20)12(8-15(16)26-4)10-21-14(18(24)25)6-7-28-5/h8-9,14,21H,6-7,10-11H2,1-5H3,(H,22,23)(H,24,25). The van der Waals surface area contributed by atoms with Crippen LogP contribution < -0.4 is 20.1 Å². The third kappa shape index (κ3) is 8.70. The molecule has 0 bridgehead atoms. The lowest BCUT2D eigenvalue weighted by Crippen LogP contribution is -2.43. The maximum absolute atomic E-state index is 12.0. The molecule has 28 heavy (non-hydrogen) atoms. The Morgan fingerprint density at radius 2 is 1.96 bits per heavy atom. The van der Waals surface area contributed by atoms with E-state index in [4.69, 9.17) is 9.47 Å². The van der Waals surface area contributed by atoms with E-state index in [2.05, 4.69) is 26.6 Å². The van der Waals surface area contributed by atoms with Crippen molar-refractivity contribution in [2.75, 3.05) is 25.7 Å². The molecule has 9 heteroatoms. The van der Waals surface area contributed by atoms with Gasteiger partial charge in [-0.2, -0.15) is 11.8 Å². The number of hydrogen-bond acceptors (Lipinski definition) is 6. The maximum atomic E-state index is 12.0. The smallest absolute Gasteiger partial charge is 0.320 e. The first-order valence-corrected chi connectivity index (χ1v) is 11.0. The van der Waals surface area contributed by atoms with Crippen molar-refractivity contribution in [3.05, 3.63) is 22.2 Å². The summed E-state index contributed by atoms with van der Waals surface area (Å²) in [5.74, 6) is 0.563. The van der Waals surface area contributed by atoms with Gasteiger partial charge in [-0.25, -0.2) is 0 Å². The third-order valence-electron chi connectivity index (χ3n) is 3.65. The summed E-state index contributed by atoms with van der Waals surface area (Å²) in [4.78, 5) is 23.3. The lowest BCUT2D eigenvalue weighted by atomic mass is 10.1. The van der Waals surface area contributed by atoms with Gasteiger partial charge in [0.2, 0.25) is 0 Å². The van der Waals surface area contributed by atoms with E-state index in [0.29, 0.717) is 24.5 Å². The van der Waals surface area contributed by atoms with E-state index < -0.39 is 12.0 Å². The Labute approximate surface area is 179 Å². The molecule has 0 spiro atoms. The molecule has 0 saturated heterocycles. The average Bonchev–Trinajstić information content (AvgIpc) is 2.59. The van der Waals surface area contributed by atoms with Crippen LogP contribution in [0, 0.1) is 0 Å². The molecule has 0 saturated carbocycles. The van der Waals surface area contributed by atoms with E-state index in [-0.39, 0.29) is 18.1 Å². The molecule has 0 aliphatic rings. The van der Waals surface area contributed by atoms with E-state index in [0.717, 1.165) is 15.8 Å². The Hall–Kier alpha value is -1.45. The van der Waals surface area contributed by atoms with Gasteiger partial charge in [-0.15, -0.1) is 0 Å². The number of carboxylic acids is 1. The van der Waals surface area contributed by atoms with Crippen LogP contribution >= 0.6 is 27.7 Å². The molecule has 0 heterocycles. The van der Waals surface area contributed by atoms with E-state index >= 15 is 0 Å². The summed E-state index contributed by atoms with van der Waals surface area (Å²) < 4.78 is 11.7. The van der Waals surface area contributed by atoms with Gasteiger partial charge in [0.1, 0.15) is 6.04 Å². The highest BCUT2D eigenvalue weighted by molar-refractivity contribution is 9.10. The SMILES string of the molecule is COc1cc(CNC(CCSC)C(=O)O)c(Br)cc1OCC(=O)NC(C)(C)C. The number of ether oxygens (including phenoxy) is 2. The van der Waals surface area contributed by atoms with Crippen molar-refractivity contribution < 1.29 is 24.2 Å². The molecule has 158 valence electrons. The van der Waals surface area contributed by atoms with Crippen molar-refractivity contribution in [3.8, 4) is 11.5 Å². The summed E-state index contributed by atoms with van der Waals surface area (Å²) >= 11 is 5.09. The Morgan fingerprint density at radius 1 is 1.29 bits per heavy atom. The predicted molar refractivity (Wildman–Crippen MR) is 115 cm³/mol. The van der Waals surface area contributed by atoms with E-state index in [1.807, 2.05) is 27.0 Å². The van der Waals surface area contributed by atoms with Crippen LogP contribution in [0.2, 0.25) is 0 Å². The van der Waals surface area contributed by atoms with E-state index in [9.17, 15) is 14.7 Å². The van der Waals surface area contributed by atoms with Gasteiger partial charge >= 0.3 is 5.97 Å². The first kappa shape index (κ1) is 24.6. The molecule has 1 atom stereocenters. The molecule has 0 aliphatic heterocycles. The van der Waals surface area contributed by atoms with Gasteiger partial charge in [0.15, 0.2) is 18.1 Å². The summed E-state index contributed by atoms with van der Waals surface area (Å²) in [6.45, 7) is 5.91. The molecule has 1 unspecified atom stereocenters. The molecule has 1 amide bonds. The van der Waals surface area contributed by atoms with Gasteiger partial charge in [-0.05, 0) is 56.9 Å². The number of thioether (sulfide) groups is 1. The zero-order chi connectivity index (χ0) is 21.3. The molecule has 0 fully saturated rings. The number of benzene rings is 1. The summed E-state index contributed by atoms with van der Waals surface area (Å²) in [6, 6.07) is 2.86. The van der Waals surface area contributed by atoms with Gasteiger partial charge in [0.05, 0.1) is 7.11 Å². The zero-order valence-electron chi connectivity index (χ0n) is 16.9. The van der Waals surface area contributed by atoms with Crippen molar-refractivity contribution in [3.63, 3.8) is 0 Å². The lowest BCUT2D eigenvalue weighted by molar-refractivity contribution is -0.139. The van der Waals surface area contributed by atoms with Crippen LogP contribution in [0.1, 0.15) is 32.8 Å². The molecule has 0 aliphatic carbocycles. The van der Waals surface area contributed by atoms with Crippen LogP contribution in [0.3, 0.4) is 0 Å². The molecular formula is C19H29BrN2O5S. The number of hydrogen-bond donors (Lipinski definition) is 3. The number of carbonyl (C=O) groups excluding carboxylic acids is 1. The Balaban J connectivity index is 2.81. The van der Waals surface area contributed by atoms with Crippen molar-refractivity contribution in [2.24, 2.45) is 0 Å².